The largest absolute Gasteiger partial charge is 0.242 e. The zero-order chi connectivity index (χ0) is 13.7. The lowest BCUT2D eigenvalue weighted by Crippen LogP contribution is -2.06. The minimum Gasteiger partial charge on any atom is -0.242 e. The molecule has 3 nitrogen and oxygen atoms in total. The highest BCUT2D eigenvalue weighted by atomic mass is 35.5. The first-order valence-electron chi connectivity index (χ1n) is 5.78. The average molecular weight is 256 g/mol. The van der Waals surface area contributed by atoms with E-state index in [1.54, 1.807) is 23.5 Å². The SMILES string of the molecule is C=NN(/C=C\C)c1cccnc1Cl.CC.CC. The number of pyridine rings is 1. The van der Waals surface area contributed by atoms with Gasteiger partial charge in [0.25, 0.3) is 0 Å². The van der Waals surface area contributed by atoms with Gasteiger partial charge in [-0.3, -0.25) is 0 Å². The minimum absolute atomic E-state index is 0.410. The summed E-state index contributed by atoms with van der Waals surface area (Å²) < 4.78 is 0. The maximum atomic E-state index is 5.86. The molecule has 17 heavy (non-hydrogen) atoms. The molecule has 0 spiro atoms. The monoisotopic (exact) mass is 255 g/mol. The van der Waals surface area contributed by atoms with E-state index in [-0.39, 0.29) is 0 Å². The predicted molar refractivity (Wildman–Crippen MR) is 78.8 cm³/mol. The quantitative estimate of drug-likeness (QED) is 0.443. The molecular formula is C13H22ClN3. The summed E-state index contributed by atoms with van der Waals surface area (Å²) in [5, 5.41) is 5.76. The highest BCUT2D eigenvalue weighted by molar-refractivity contribution is 6.32. The topological polar surface area (TPSA) is 28.5 Å². The molecule has 0 atom stereocenters. The Morgan fingerprint density at radius 2 is 1.94 bits per heavy atom. The van der Waals surface area contributed by atoms with E-state index < -0.39 is 0 Å². The summed E-state index contributed by atoms with van der Waals surface area (Å²) in [6.07, 6.45) is 5.23. The van der Waals surface area contributed by atoms with Gasteiger partial charge in [-0.05, 0) is 19.1 Å². The summed E-state index contributed by atoms with van der Waals surface area (Å²) in [6.45, 7) is 13.3. The van der Waals surface area contributed by atoms with Crippen LogP contribution in [-0.4, -0.2) is 11.7 Å². The lowest BCUT2D eigenvalue weighted by Gasteiger charge is -2.13. The summed E-state index contributed by atoms with van der Waals surface area (Å²) >= 11 is 5.86. The maximum Gasteiger partial charge on any atom is 0.154 e. The molecule has 0 fully saturated rings. The lowest BCUT2D eigenvalue weighted by atomic mass is 10.4. The third-order valence-corrected chi connectivity index (χ3v) is 1.72. The van der Waals surface area contributed by atoms with Gasteiger partial charge in [-0.2, -0.15) is 5.10 Å². The van der Waals surface area contributed by atoms with Gasteiger partial charge < -0.3 is 0 Å². The van der Waals surface area contributed by atoms with Crippen LogP contribution in [-0.2, 0) is 0 Å². The molecule has 0 aromatic carbocycles. The third-order valence-electron chi connectivity index (χ3n) is 1.43. The standard InChI is InChI=1S/C9H10ClN3.2C2H6/c1-3-7-13(11-2)8-5-4-6-12-9(8)10;2*1-2/h3-7H,2H2,1H3;2*1-2H3/b7-3-;;. The Morgan fingerprint density at radius 3 is 2.35 bits per heavy atom. The van der Waals surface area contributed by atoms with Crippen molar-refractivity contribution in [3.63, 3.8) is 0 Å². The molecule has 4 heteroatoms. The number of halogens is 1. The first-order chi connectivity index (χ1) is 8.29. The van der Waals surface area contributed by atoms with E-state index in [1.165, 1.54) is 0 Å². The van der Waals surface area contributed by atoms with Crippen LogP contribution in [0, 0.1) is 0 Å². The summed E-state index contributed by atoms with van der Waals surface area (Å²) in [7, 11) is 0. The van der Waals surface area contributed by atoms with Gasteiger partial charge in [-0.15, -0.1) is 0 Å². The van der Waals surface area contributed by atoms with E-state index >= 15 is 0 Å². The van der Waals surface area contributed by atoms with Crippen LogP contribution >= 0.6 is 11.6 Å². The Hall–Kier alpha value is -1.35. The van der Waals surface area contributed by atoms with Crippen LogP contribution in [0.25, 0.3) is 0 Å². The van der Waals surface area contributed by atoms with Gasteiger partial charge in [0, 0.05) is 19.1 Å². The summed E-state index contributed by atoms with van der Waals surface area (Å²) in [4.78, 5) is 3.93. The zero-order valence-electron chi connectivity index (χ0n) is 11.3. The molecule has 1 heterocycles. The van der Waals surface area contributed by atoms with Crippen LogP contribution in [0.5, 0.6) is 0 Å². The smallest absolute Gasteiger partial charge is 0.154 e. The first-order valence-corrected chi connectivity index (χ1v) is 6.16. The number of hydrogen-bond acceptors (Lipinski definition) is 3. The molecule has 1 rings (SSSR count). The van der Waals surface area contributed by atoms with Crippen molar-refractivity contribution < 1.29 is 0 Å². The number of nitrogens with zero attached hydrogens (tertiary/aromatic N) is 3. The van der Waals surface area contributed by atoms with Crippen LogP contribution < -0.4 is 5.01 Å². The Labute approximate surface area is 110 Å². The van der Waals surface area contributed by atoms with Crippen molar-refractivity contribution in [3.8, 4) is 0 Å². The highest BCUT2D eigenvalue weighted by Crippen LogP contribution is 2.22. The number of hydrogen-bond donors (Lipinski definition) is 0. The van der Waals surface area contributed by atoms with Gasteiger partial charge in [-0.25, -0.2) is 9.99 Å². The second kappa shape index (κ2) is 12.7. The molecular weight excluding hydrogens is 234 g/mol. The fourth-order valence-corrected chi connectivity index (χ4v) is 1.10. The molecule has 0 radical (unpaired) electrons. The predicted octanol–water partition coefficient (Wildman–Crippen LogP) is 4.74. The first kappa shape index (κ1) is 18.0. The molecule has 1 aromatic heterocycles. The van der Waals surface area contributed by atoms with E-state index in [4.69, 9.17) is 11.6 Å². The summed E-state index contributed by atoms with van der Waals surface area (Å²) in [6, 6.07) is 3.62. The Bertz CT molecular complexity index is 324. The van der Waals surface area contributed by atoms with Crippen molar-refractivity contribution in [2.45, 2.75) is 34.6 Å². The molecule has 96 valence electrons. The molecule has 0 aliphatic carbocycles. The fraction of sp³-hybridized carbons (Fsp3) is 0.385. The normalized spacial score (nSPS) is 8.59. The van der Waals surface area contributed by atoms with Gasteiger partial charge in [0.2, 0.25) is 0 Å². The van der Waals surface area contributed by atoms with Gasteiger partial charge in [0.15, 0.2) is 5.15 Å². The van der Waals surface area contributed by atoms with Gasteiger partial charge in [-0.1, -0.05) is 45.4 Å². The van der Waals surface area contributed by atoms with Crippen LogP contribution in [0.1, 0.15) is 34.6 Å². The second-order valence-corrected chi connectivity index (χ2v) is 2.64. The number of allylic oxidation sites excluding steroid dienone is 1. The van der Waals surface area contributed by atoms with E-state index in [0.717, 1.165) is 5.69 Å². The highest BCUT2D eigenvalue weighted by Gasteiger charge is 2.04. The van der Waals surface area contributed by atoms with Crippen LogP contribution in [0.3, 0.4) is 0 Å². The number of anilines is 1. The van der Waals surface area contributed by atoms with Crippen LogP contribution in [0.4, 0.5) is 5.69 Å². The minimum atomic E-state index is 0.410. The van der Waals surface area contributed by atoms with Crippen molar-refractivity contribution in [1.29, 1.82) is 0 Å². The van der Waals surface area contributed by atoms with Crippen molar-refractivity contribution in [2.75, 3.05) is 5.01 Å². The number of hydrazone groups is 1. The maximum absolute atomic E-state index is 5.86. The Morgan fingerprint density at radius 1 is 1.35 bits per heavy atom. The van der Waals surface area contributed by atoms with E-state index in [1.807, 2.05) is 46.8 Å². The number of rotatable bonds is 3. The second-order valence-electron chi connectivity index (χ2n) is 2.28. The van der Waals surface area contributed by atoms with E-state index in [9.17, 15) is 0 Å². The molecule has 0 unspecified atom stereocenters. The molecule has 0 saturated heterocycles. The van der Waals surface area contributed by atoms with Crippen molar-refractivity contribution in [1.82, 2.24) is 4.98 Å². The van der Waals surface area contributed by atoms with E-state index in [0.29, 0.717) is 5.15 Å². The average Bonchev–Trinajstić information content (AvgIpc) is 2.42. The molecule has 0 bridgehead atoms. The molecule has 1 aromatic rings. The summed E-state index contributed by atoms with van der Waals surface area (Å²) in [5.41, 5.74) is 0.720. The molecule has 0 amide bonds. The lowest BCUT2D eigenvalue weighted by molar-refractivity contribution is 1.07. The van der Waals surface area contributed by atoms with Crippen molar-refractivity contribution in [3.05, 3.63) is 35.8 Å². The zero-order valence-corrected chi connectivity index (χ0v) is 12.1. The van der Waals surface area contributed by atoms with Crippen molar-refractivity contribution in [2.24, 2.45) is 5.10 Å². The van der Waals surface area contributed by atoms with E-state index in [2.05, 4.69) is 16.8 Å². The van der Waals surface area contributed by atoms with Gasteiger partial charge in [0.1, 0.15) is 5.69 Å². The van der Waals surface area contributed by atoms with Crippen LogP contribution in [0.15, 0.2) is 35.7 Å². The van der Waals surface area contributed by atoms with Gasteiger partial charge >= 0.3 is 0 Å². The van der Waals surface area contributed by atoms with Crippen LogP contribution in [0.2, 0.25) is 5.15 Å². The Balaban J connectivity index is 0. The Kier molecular flexibility index (Phi) is 13.5. The third kappa shape index (κ3) is 6.74. The molecule has 0 aliphatic heterocycles. The molecule has 0 aliphatic rings. The summed E-state index contributed by atoms with van der Waals surface area (Å²) in [5.74, 6) is 0. The fourth-order valence-electron chi connectivity index (χ4n) is 0.893. The number of aromatic nitrogens is 1. The molecule has 0 N–H and O–H groups in total. The molecule has 0 saturated carbocycles. The van der Waals surface area contributed by atoms with Gasteiger partial charge in [0.05, 0.1) is 0 Å². The van der Waals surface area contributed by atoms with Crippen molar-refractivity contribution >= 4 is 24.0 Å².